The molecule has 58 heavy (non-hydrogen) atoms. The Morgan fingerprint density at radius 2 is 0.931 bits per heavy atom. The number of hydrogen-bond acceptors (Lipinski definition) is 8. The first-order chi connectivity index (χ1) is 28.0. The second-order valence-corrected chi connectivity index (χ2v) is 18.5. The average molecular weight is 840 g/mol. The summed E-state index contributed by atoms with van der Waals surface area (Å²) in [6.07, 6.45) is 45.9. The van der Waals surface area contributed by atoms with E-state index in [-0.39, 0.29) is 32.0 Å². The molecule has 0 aliphatic rings. The number of quaternary nitrogens is 1. The lowest BCUT2D eigenvalue weighted by Crippen LogP contribution is -2.37. The molecule has 9 nitrogen and oxygen atoms in total. The monoisotopic (exact) mass is 840 g/mol. The van der Waals surface area contributed by atoms with Crippen LogP contribution >= 0.6 is 7.82 Å². The van der Waals surface area contributed by atoms with Crippen LogP contribution in [0.15, 0.2) is 36.5 Å². The van der Waals surface area contributed by atoms with Crippen LogP contribution < -0.4 is 4.89 Å². The van der Waals surface area contributed by atoms with Crippen molar-refractivity contribution in [2.45, 2.75) is 213 Å². The van der Waals surface area contributed by atoms with Crippen LogP contribution in [0.4, 0.5) is 0 Å². The molecule has 0 fully saturated rings. The summed E-state index contributed by atoms with van der Waals surface area (Å²) in [7, 11) is 1.16. The minimum absolute atomic E-state index is 0.0330. The van der Waals surface area contributed by atoms with Crippen LogP contribution in [0.5, 0.6) is 0 Å². The van der Waals surface area contributed by atoms with Crippen molar-refractivity contribution in [2.75, 3.05) is 47.5 Å². The third-order valence-electron chi connectivity index (χ3n) is 10.1. The van der Waals surface area contributed by atoms with Gasteiger partial charge in [-0.3, -0.25) is 14.2 Å². The van der Waals surface area contributed by atoms with Crippen molar-refractivity contribution in [1.29, 1.82) is 0 Å². The van der Waals surface area contributed by atoms with E-state index in [1.807, 2.05) is 21.1 Å². The zero-order valence-electron chi connectivity index (χ0n) is 38.2. The summed E-state index contributed by atoms with van der Waals surface area (Å²) in [5.41, 5.74) is 0. The Balaban J connectivity index is 4.31. The van der Waals surface area contributed by atoms with Crippen LogP contribution in [-0.2, 0) is 32.7 Å². The molecule has 0 aliphatic carbocycles. The zero-order valence-corrected chi connectivity index (χ0v) is 39.1. The number of hydrogen-bond donors (Lipinski definition) is 0. The number of allylic oxidation sites excluding steroid dienone is 6. The van der Waals surface area contributed by atoms with Crippen LogP contribution in [0.1, 0.15) is 206 Å². The molecule has 0 radical (unpaired) electrons. The molecule has 1 unspecified atom stereocenters. The number of ether oxygens (including phenoxy) is 2. The molecular weight excluding hydrogens is 750 g/mol. The molecule has 10 heteroatoms. The van der Waals surface area contributed by atoms with Crippen molar-refractivity contribution in [1.82, 2.24) is 0 Å². The van der Waals surface area contributed by atoms with Gasteiger partial charge < -0.3 is 27.9 Å². The van der Waals surface area contributed by atoms with Gasteiger partial charge in [-0.05, 0) is 70.6 Å². The Morgan fingerprint density at radius 1 is 0.534 bits per heavy atom. The molecule has 0 aromatic heterocycles. The lowest BCUT2D eigenvalue weighted by Gasteiger charge is -2.28. The minimum Gasteiger partial charge on any atom is -0.756 e. The fraction of sp³-hybridized carbons (Fsp3) is 0.833. The number of nitrogens with zero attached hydrogens (tertiary/aromatic N) is 1. The summed E-state index contributed by atoms with van der Waals surface area (Å²) in [5, 5.41) is 0. The fourth-order valence-electron chi connectivity index (χ4n) is 6.39. The molecule has 0 saturated heterocycles. The number of phosphoric ester groups is 1. The smallest absolute Gasteiger partial charge is 0.306 e. The number of carbonyl (C=O) groups is 2. The predicted molar refractivity (Wildman–Crippen MR) is 241 cm³/mol. The largest absolute Gasteiger partial charge is 0.756 e. The Hall–Kier alpha value is -1.77. The SMILES string of the molecule is CCCCC/C=C\C/C=C\CCCCCCCCCCCC(=O)OC[C@H](COP(=O)([O-])OCC[N+](C)(C)C)OC(=O)CCCCCCC/C=C\CCCCCCCC. The lowest BCUT2D eigenvalue weighted by atomic mass is 10.1. The van der Waals surface area contributed by atoms with Gasteiger partial charge in [-0.1, -0.05) is 159 Å². The Bertz CT molecular complexity index is 1090. The molecular formula is C48H90NO8P. The summed E-state index contributed by atoms with van der Waals surface area (Å²) < 4.78 is 34.0. The van der Waals surface area contributed by atoms with E-state index >= 15 is 0 Å². The number of esters is 2. The highest BCUT2D eigenvalue weighted by molar-refractivity contribution is 7.45. The van der Waals surface area contributed by atoms with Gasteiger partial charge >= 0.3 is 11.9 Å². The van der Waals surface area contributed by atoms with E-state index in [2.05, 4.69) is 50.3 Å². The maximum absolute atomic E-state index is 12.7. The van der Waals surface area contributed by atoms with E-state index in [9.17, 15) is 19.0 Å². The number of likely N-dealkylation sites (N-methyl/N-ethyl adjacent to an activating group) is 1. The standard InChI is InChI=1S/C48H90NO8P/c1-6-8-10-12-14-16-18-20-22-23-24-25-27-28-30-32-34-36-38-40-47(50)54-44-46(45-56-58(52,53)55-43-42-49(3,4)5)57-48(51)41-39-37-35-33-31-29-26-21-19-17-15-13-11-9-7-2/h14,16,20-22,26,46H,6-13,15,17-19,23-25,27-45H2,1-5H3/b16-14-,22-20-,26-21-/t46-/m1/s1. The van der Waals surface area contributed by atoms with Gasteiger partial charge in [0.1, 0.15) is 19.8 Å². The Kier molecular flexibility index (Phi) is 39.4. The summed E-state index contributed by atoms with van der Waals surface area (Å²) >= 11 is 0. The number of phosphoric acid groups is 1. The predicted octanol–water partition coefficient (Wildman–Crippen LogP) is 13.1. The molecule has 0 aromatic rings. The summed E-state index contributed by atoms with van der Waals surface area (Å²) in [4.78, 5) is 37.6. The third-order valence-corrected chi connectivity index (χ3v) is 11.1. The van der Waals surface area contributed by atoms with Gasteiger partial charge in [0.15, 0.2) is 6.10 Å². The van der Waals surface area contributed by atoms with Crippen LogP contribution in [0, 0.1) is 0 Å². The molecule has 0 bridgehead atoms. The first-order valence-corrected chi connectivity index (χ1v) is 25.2. The van der Waals surface area contributed by atoms with Gasteiger partial charge in [-0.15, -0.1) is 0 Å². The molecule has 0 aliphatic heterocycles. The topological polar surface area (TPSA) is 111 Å². The number of unbranched alkanes of at least 4 members (excludes halogenated alkanes) is 23. The van der Waals surface area contributed by atoms with Crippen molar-refractivity contribution in [3.8, 4) is 0 Å². The van der Waals surface area contributed by atoms with Crippen LogP contribution in [0.3, 0.4) is 0 Å². The summed E-state index contributed by atoms with van der Waals surface area (Å²) in [6, 6.07) is 0. The zero-order chi connectivity index (χ0) is 42.8. The highest BCUT2D eigenvalue weighted by Crippen LogP contribution is 2.38. The van der Waals surface area contributed by atoms with Gasteiger partial charge in [0.2, 0.25) is 0 Å². The second kappa shape index (κ2) is 40.6. The van der Waals surface area contributed by atoms with Crippen molar-refractivity contribution in [2.24, 2.45) is 0 Å². The Morgan fingerprint density at radius 3 is 1.41 bits per heavy atom. The molecule has 0 rings (SSSR count). The molecule has 340 valence electrons. The van der Waals surface area contributed by atoms with E-state index in [0.717, 1.165) is 64.2 Å². The Labute approximate surface area is 357 Å². The quantitative estimate of drug-likeness (QED) is 0.0196. The average Bonchev–Trinajstić information content (AvgIpc) is 3.17. The molecule has 0 amide bonds. The number of carbonyl (C=O) groups excluding carboxylic acids is 2. The van der Waals surface area contributed by atoms with Crippen LogP contribution in [0.2, 0.25) is 0 Å². The number of rotatable bonds is 43. The van der Waals surface area contributed by atoms with E-state index in [0.29, 0.717) is 17.4 Å². The summed E-state index contributed by atoms with van der Waals surface area (Å²) in [5.74, 6) is -0.845. The highest BCUT2D eigenvalue weighted by Gasteiger charge is 2.21. The third kappa shape index (κ3) is 43.8. The first kappa shape index (κ1) is 56.2. The first-order valence-electron chi connectivity index (χ1n) is 23.7. The maximum Gasteiger partial charge on any atom is 0.306 e. The minimum atomic E-state index is -4.63. The van der Waals surface area contributed by atoms with E-state index < -0.39 is 26.5 Å². The van der Waals surface area contributed by atoms with Gasteiger partial charge in [-0.2, -0.15) is 0 Å². The fourth-order valence-corrected chi connectivity index (χ4v) is 7.11. The maximum atomic E-state index is 12.7. The molecule has 0 N–H and O–H groups in total. The van der Waals surface area contributed by atoms with Gasteiger partial charge in [0, 0.05) is 12.8 Å². The van der Waals surface area contributed by atoms with Crippen molar-refractivity contribution in [3.63, 3.8) is 0 Å². The van der Waals surface area contributed by atoms with Gasteiger partial charge in [-0.25, -0.2) is 0 Å². The molecule has 0 aromatic carbocycles. The van der Waals surface area contributed by atoms with Crippen LogP contribution in [-0.4, -0.2) is 70.0 Å². The van der Waals surface area contributed by atoms with Crippen LogP contribution in [0.25, 0.3) is 0 Å². The molecule has 0 heterocycles. The van der Waals surface area contributed by atoms with Crippen molar-refractivity contribution in [3.05, 3.63) is 36.5 Å². The van der Waals surface area contributed by atoms with Crippen molar-refractivity contribution >= 4 is 19.8 Å². The molecule has 0 spiro atoms. The molecule has 0 saturated carbocycles. The van der Waals surface area contributed by atoms with Gasteiger partial charge in [0.05, 0.1) is 27.7 Å². The molecule has 2 atom stereocenters. The lowest BCUT2D eigenvalue weighted by molar-refractivity contribution is -0.870. The normalized spacial score (nSPS) is 13.8. The van der Waals surface area contributed by atoms with E-state index in [1.54, 1.807) is 0 Å². The van der Waals surface area contributed by atoms with E-state index in [4.69, 9.17) is 18.5 Å². The van der Waals surface area contributed by atoms with E-state index in [1.165, 1.54) is 109 Å². The summed E-state index contributed by atoms with van der Waals surface area (Å²) in [6.45, 7) is 4.19. The van der Waals surface area contributed by atoms with Gasteiger partial charge in [0.25, 0.3) is 7.82 Å². The second-order valence-electron chi connectivity index (χ2n) is 17.1. The highest BCUT2D eigenvalue weighted by atomic mass is 31.2. The van der Waals surface area contributed by atoms with Crippen molar-refractivity contribution < 1.29 is 42.1 Å².